The fourth-order valence-electron chi connectivity index (χ4n) is 2.84. The highest BCUT2D eigenvalue weighted by molar-refractivity contribution is 7.99. The molecule has 1 fully saturated rings. The molecule has 1 heterocycles. The number of nitrogens with zero attached hydrogens (tertiary/aromatic N) is 1. The Morgan fingerprint density at radius 1 is 1.23 bits per heavy atom. The number of halogens is 2. The zero-order valence-corrected chi connectivity index (χ0v) is 14.2. The van der Waals surface area contributed by atoms with Gasteiger partial charge in [0.25, 0.3) is 0 Å². The first-order valence-electron chi connectivity index (χ1n) is 7.16. The van der Waals surface area contributed by atoms with E-state index in [1.807, 2.05) is 11.8 Å². The molecule has 1 saturated heterocycles. The Morgan fingerprint density at radius 2 is 2.05 bits per heavy atom. The maximum atomic E-state index is 12.9. The van der Waals surface area contributed by atoms with Crippen LogP contribution >= 0.6 is 35.0 Å². The lowest BCUT2D eigenvalue weighted by molar-refractivity contribution is -0.115. The summed E-state index contributed by atoms with van der Waals surface area (Å²) in [7, 11) is 0. The molecule has 6 heteroatoms. The molecule has 0 unspecified atom stereocenters. The maximum Gasteiger partial charge on any atom is 0.199 e. The van der Waals surface area contributed by atoms with Gasteiger partial charge in [-0.05, 0) is 31.0 Å². The van der Waals surface area contributed by atoms with E-state index in [4.69, 9.17) is 23.2 Å². The number of thioether (sulfide) groups is 1. The van der Waals surface area contributed by atoms with Gasteiger partial charge in [-0.3, -0.25) is 9.59 Å². The second-order valence-electron chi connectivity index (χ2n) is 5.35. The number of Topliss-reactive ketones (excluding diaryl/α,β-unsaturated/α-hetero) is 2. The van der Waals surface area contributed by atoms with Crippen molar-refractivity contribution < 1.29 is 9.59 Å². The summed E-state index contributed by atoms with van der Waals surface area (Å²) in [5, 5.41) is 0.764. The van der Waals surface area contributed by atoms with Gasteiger partial charge in [-0.15, -0.1) is 11.8 Å². The Hall–Kier alpha value is -0.970. The van der Waals surface area contributed by atoms with E-state index in [9.17, 15) is 9.59 Å². The van der Waals surface area contributed by atoms with Crippen LogP contribution in [0.15, 0.2) is 29.5 Å². The minimum Gasteiger partial charge on any atom is -0.364 e. The fraction of sp³-hybridized carbons (Fsp3) is 0.375. The number of benzene rings is 1. The van der Waals surface area contributed by atoms with Crippen LogP contribution in [0.2, 0.25) is 10.0 Å². The molecule has 0 atom stereocenters. The number of carbonyl (C=O) groups is 2. The maximum absolute atomic E-state index is 12.9. The molecule has 3 rings (SSSR count). The summed E-state index contributed by atoms with van der Waals surface area (Å²) in [6, 6.07) is 4.76. The van der Waals surface area contributed by atoms with E-state index in [1.165, 1.54) is 6.07 Å². The van der Waals surface area contributed by atoms with Gasteiger partial charge < -0.3 is 4.90 Å². The van der Waals surface area contributed by atoms with Crippen LogP contribution < -0.4 is 0 Å². The average molecular weight is 356 g/mol. The summed E-state index contributed by atoms with van der Waals surface area (Å²) in [6.45, 7) is 0.887. The third kappa shape index (κ3) is 3.05. The first-order valence-corrected chi connectivity index (χ1v) is 9.08. The van der Waals surface area contributed by atoms with Crippen LogP contribution in [0.5, 0.6) is 0 Å². The molecular formula is C16H15Cl2NO2S. The lowest BCUT2D eigenvalue weighted by Crippen LogP contribution is -2.29. The van der Waals surface area contributed by atoms with Crippen LogP contribution in [-0.2, 0) is 4.79 Å². The quantitative estimate of drug-likeness (QED) is 0.601. The third-order valence-corrected chi connectivity index (χ3v) is 5.44. The summed E-state index contributed by atoms with van der Waals surface area (Å²) >= 11 is 13.8. The van der Waals surface area contributed by atoms with Crippen molar-refractivity contribution in [3.05, 3.63) is 45.1 Å². The van der Waals surface area contributed by atoms with E-state index >= 15 is 0 Å². The fourth-order valence-corrected chi connectivity index (χ4v) is 4.31. The molecule has 1 aliphatic heterocycles. The largest absolute Gasteiger partial charge is 0.364 e. The van der Waals surface area contributed by atoms with Crippen LogP contribution in [0.25, 0.3) is 0 Å². The summed E-state index contributed by atoms with van der Waals surface area (Å²) in [5.41, 5.74) is 1.55. The number of hydrogen-bond donors (Lipinski definition) is 0. The Bertz CT molecular complexity index is 666. The van der Waals surface area contributed by atoms with Crippen LogP contribution in [0, 0.1) is 0 Å². The normalized spacial score (nSPS) is 19.0. The lowest BCUT2D eigenvalue weighted by Gasteiger charge is -2.27. The molecule has 0 aromatic heterocycles. The average Bonchev–Trinajstić information content (AvgIpc) is 3.00. The Kier molecular flexibility index (Phi) is 4.81. The molecule has 1 aromatic carbocycles. The topological polar surface area (TPSA) is 37.4 Å². The number of rotatable bonds is 3. The van der Waals surface area contributed by atoms with Crippen molar-refractivity contribution in [3.63, 3.8) is 0 Å². The van der Waals surface area contributed by atoms with Crippen molar-refractivity contribution in [3.8, 4) is 0 Å². The zero-order chi connectivity index (χ0) is 15.7. The van der Waals surface area contributed by atoms with Gasteiger partial charge in [0.15, 0.2) is 11.6 Å². The summed E-state index contributed by atoms with van der Waals surface area (Å²) < 4.78 is 0. The molecule has 0 spiro atoms. The van der Waals surface area contributed by atoms with Gasteiger partial charge >= 0.3 is 0 Å². The van der Waals surface area contributed by atoms with E-state index in [2.05, 4.69) is 4.90 Å². The van der Waals surface area contributed by atoms with Crippen LogP contribution in [0.1, 0.15) is 29.6 Å². The molecule has 2 aliphatic rings. The van der Waals surface area contributed by atoms with Crippen molar-refractivity contribution in [2.75, 3.05) is 18.2 Å². The summed E-state index contributed by atoms with van der Waals surface area (Å²) in [5.74, 6) is 1.52. The van der Waals surface area contributed by atoms with Crippen LogP contribution in [0.4, 0.5) is 0 Å². The van der Waals surface area contributed by atoms with Crippen molar-refractivity contribution in [2.24, 2.45) is 0 Å². The molecule has 0 N–H and O–H groups in total. The van der Waals surface area contributed by atoms with Crippen molar-refractivity contribution in [1.29, 1.82) is 0 Å². The van der Waals surface area contributed by atoms with Crippen molar-refractivity contribution >= 4 is 46.5 Å². The molecule has 0 radical (unpaired) electrons. The van der Waals surface area contributed by atoms with Gasteiger partial charge in [0.2, 0.25) is 0 Å². The molecule has 1 aromatic rings. The molecule has 116 valence electrons. The Balaban J connectivity index is 2.04. The highest BCUT2D eigenvalue weighted by atomic mass is 35.5. The zero-order valence-electron chi connectivity index (χ0n) is 11.9. The Labute approximate surface area is 143 Å². The van der Waals surface area contributed by atoms with E-state index in [-0.39, 0.29) is 11.6 Å². The van der Waals surface area contributed by atoms with Gasteiger partial charge in [-0.1, -0.05) is 23.2 Å². The van der Waals surface area contributed by atoms with Gasteiger partial charge in [0.05, 0.1) is 16.5 Å². The smallest absolute Gasteiger partial charge is 0.199 e. The second-order valence-corrected chi connectivity index (χ2v) is 7.27. The SMILES string of the molecule is O=C1CCCC(N2CCSC2)=C1C(=O)c1ccc(Cl)cc1Cl. The molecule has 3 nitrogen and oxygen atoms in total. The number of allylic oxidation sites excluding steroid dienone is 2. The molecular weight excluding hydrogens is 341 g/mol. The van der Waals surface area contributed by atoms with Crippen LogP contribution in [-0.4, -0.2) is 34.6 Å². The molecule has 0 amide bonds. The summed E-state index contributed by atoms with van der Waals surface area (Å²) in [4.78, 5) is 27.4. The molecule has 0 saturated carbocycles. The van der Waals surface area contributed by atoms with E-state index in [0.717, 1.165) is 36.7 Å². The monoisotopic (exact) mass is 355 g/mol. The second kappa shape index (κ2) is 6.65. The highest BCUT2D eigenvalue weighted by Gasteiger charge is 2.31. The molecule has 0 bridgehead atoms. The van der Waals surface area contributed by atoms with E-state index in [0.29, 0.717) is 27.6 Å². The van der Waals surface area contributed by atoms with E-state index in [1.54, 1.807) is 12.1 Å². The molecule has 22 heavy (non-hydrogen) atoms. The van der Waals surface area contributed by atoms with Crippen LogP contribution in [0.3, 0.4) is 0 Å². The van der Waals surface area contributed by atoms with E-state index < -0.39 is 0 Å². The number of hydrogen-bond acceptors (Lipinski definition) is 4. The predicted molar refractivity (Wildman–Crippen MR) is 90.7 cm³/mol. The predicted octanol–water partition coefficient (Wildman–Crippen LogP) is 4.19. The number of ketones is 2. The first kappa shape index (κ1) is 15.9. The first-order chi connectivity index (χ1) is 10.6. The Morgan fingerprint density at radius 3 is 2.73 bits per heavy atom. The summed E-state index contributed by atoms with van der Waals surface area (Å²) in [6.07, 6.45) is 2.01. The van der Waals surface area contributed by atoms with Gasteiger partial charge in [-0.25, -0.2) is 0 Å². The van der Waals surface area contributed by atoms with Crippen molar-refractivity contribution in [1.82, 2.24) is 4.90 Å². The minimum atomic E-state index is -0.279. The van der Waals surface area contributed by atoms with Crippen molar-refractivity contribution in [2.45, 2.75) is 19.3 Å². The third-order valence-electron chi connectivity index (χ3n) is 3.92. The van der Waals surface area contributed by atoms with Gasteiger partial charge in [0, 0.05) is 35.0 Å². The van der Waals surface area contributed by atoms with Gasteiger partial charge in [-0.2, -0.15) is 0 Å². The lowest BCUT2D eigenvalue weighted by atomic mass is 9.88. The minimum absolute atomic E-state index is 0.0748. The highest BCUT2D eigenvalue weighted by Crippen LogP contribution is 2.32. The standard InChI is InChI=1S/C16H15Cl2NO2S/c17-10-4-5-11(12(18)8-10)16(21)15-13(2-1-3-14(15)20)19-6-7-22-9-19/h4-5,8H,1-3,6-7,9H2. The number of carbonyl (C=O) groups excluding carboxylic acids is 2. The molecule has 1 aliphatic carbocycles. The van der Waals surface area contributed by atoms with Gasteiger partial charge in [0.1, 0.15) is 0 Å².